The molecule has 5 nitrogen and oxygen atoms in total. The lowest BCUT2D eigenvalue weighted by molar-refractivity contribution is 0.607. The van der Waals surface area contributed by atoms with Crippen LogP contribution in [0.5, 0.6) is 0 Å². The zero-order valence-corrected chi connectivity index (χ0v) is 10.1. The standard InChI is InChI=1S/C9H12BrN5/c1-14-5-4-11-9(14)7-15-6-8(2-3-10)12-13-15/h4-6H,2-3,7H2,1H3. The summed E-state index contributed by atoms with van der Waals surface area (Å²) in [6.07, 6.45) is 6.56. The Labute approximate surface area is 96.2 Å². The molecule has 2 aromatic heterocycles. The molecule has 0 spiro atoms. The molecule has 15 heavy (non-hydrogen) atoms. The minimum Gasteiger partial charge on any atom is -0.336 e. The number of halogens is 1. The molecule has 2 aromatic rings. The molecule has 0 aromatic carbocycles. The van der Waals surface area contributed by atoms with Crippen molar-refractivity contribution in [3.63, 3.8) is 0 Å². The van der Waals surface area contributed by atoms with Crippen LogP contribution in [0.3, 0.4) is 0 Å². The van der Waals surface area contributed by atoms with Gasteiger partial charge >= 0.3 is 0 Å². The average Bonchev–Trinajstić information content (AvgIpc) is 2.79. The van der Waals surface area contributed by atoms with Gasteiger partial charge in [0.15, 0.2) is 0 Å². The first kappa shape index (κ1) is 10.4. The van der Waals surface area contributed by atoms with Gasteiger partial charge < -0.3 is 4.57 Å². The first-order valence-electron chi connectivity index (χ1n) is 4.71. The molecule has 0 unspecified atom stereocenters. The summed E-state index contributed by atoms with van der Waals surface area (Å²) in [5.74, 6) is 0.977. The van der Waals surface area contributed by atoms with Crippen LogP contribution in [0.15, 0.2) is 18.6 Å². The predicted octanol–water partition coefficient (Wildman–Crippen LogP) is 0.997. The van der Waals surface area contributed by atoms with Gasteiger partial charge in [0, 0.05) is 37.4 Å². The van der Waals surface area contributed by atoms with Crippen LogP contribution in [-0.4, -0.2) is 29.9 Å². The van der Waals surface area contributed by atoms with E-state index in [1.807, 2.05) is 24.0 Å². The van der Waals surface area contributed by atoms with E-state index in [0.29, 0.717) is 6.54 Å². The summed E-state index contributed by atoms with van der Waals surface area (Å²) in [7, 11) is 1.97. The van der Waals surface area contributed by atoms with E-state index >= 15 is 0 Å². The van der Waals surface area contributed by atoms with Crippen LogP contribution in [-0.2, 0) is 20.0 Å². The average molecular weight is 270 g/mol. The van der Waals surface area contributed by atoms with E-state index in [0.717, 1.165) is 23.3 Å². The highest BCUT2D eigenvalue weighted by Gasteiger charge is 2.03. The fourth-order valence-corrected chi connectivity index (χ4v) is 1.73. The summed E-state index contributed by atoms with van der Waals surface area (Å²) in [4.78, 5) is 4.23. The summed E-state index contributed by atoms with van der Waals surface area (Å²) in [6, 6.07) is 0. The fourth-order valence-electron chi connectivity index (χ4n) is 1.32. The molecule has 0 aliphatic heterocycles. The molecule has 0 atom stereocenters. The number of hydrogen-bond acceptors (Lipinski definition) is 3. The van der Waals surface area contributed by atoms with Crippen LogP contribution < -0.4 is 0 Å². The molecule has 2 heterocycles. The Hall–Kier alpha value is -1.17. The van der Waals surface area contributed by atoms with Crippen LogP contribution in [0.25, 0.3) is 0 Å². The van der Waals surface area contributed by atoms with Gasteiger partial charge in [-0.05, 0) is 0 Å². The van der Waals surface area contributed by atoms with E-state index in [2.05, 4.69) is 31.2 Å². The van der Waals surface area contributed by atoms with Crippen molar-refractivity contribution in [2.24, 2.45) is 7.05 Å². The normalized spacial score (nSPS) is 10.8. The fraction of sp³-hybridized carbons (Fsp3) is 0.444. The molecule has 0 radical (unpaired) electrons. The largest absolute Gasteiger partial charge is 0.336 e. The molecule has 0 aliphatic rings. The van der Waals surface area contributed by atoms with Gasteiger partial charge in [-0.1, -0.05) is 21.1 Å². The zero-order chi connectivity index (χ0) is 10.7. The lowest BCUT2D eigenvalue weighted by Gasteiger charge is -1.99. The maximum atomic E-state index is 4.23. The number of hydrogen-bond donors (Lipinski definition) is 0. The lowest BCUT2D eigenvalue weighted by Crippen LogP contribution is -2.06. The molecule has 0 saturated carbocycles. The molecule has 80 valence electrons. The van der Waals surface area contributed by atoms with Crippen LogP contribution in [0, 0.1) is 0 Å². The predicted molar refractivity (Wildman–Crippen MR) is 59.8 cm³/mol. The summed E-state index contributed by atoms with van der Waals surface area (Å²) in [6.45, 7) is 0.665. The van der Waals surface area contributed by atoms with Gasteiger partial charge in [0.05, 0.1) is 5.69 Å². The van der Waals surface area contributed by atoms with Gasteiger partial charge in [0.25, 0.3) is 0 Å². The Morgan fingerprint density at radius 2 is 2.33 bits per heavy atom. The number of nitrogens with zero attached hydrogens (tertiary/aromatic N) is 5. The van der Waals surface area contributed by atoms with Crippen molar-refractivity contribution in [1.29, 1.82) is 0 Å². The van der Waals surface area contributed by atoms with Crippen LogP contribution in [0.4, 0.5) is 0 Å². The number of aryl methyl sites for hydroxylation is 2. The third kappa shape index (κ3) is 2.44. The Bertz CT molecular complexity index is 433. The van der Waals surface area contributed by atoms with Crippen molar-refractivity contribution in [3.05, 3.63) is 30.1 Å². The molecule has 0 bridgehead atoms. The topological polar surface area (TPSA) is 48.5 Å². The summed E-state index contributed by atoms with van der Waals surface area (Å²) >= 11 is 3.37. The molecular weight excluding hydrogens is 258 g/mol. The summed E-state index contributed by atoms with van der Waals surface area (Å²) < 4.78 is 3.78. The van der Waals surface area contributed by atoms with E-state index < -0.39 is 0 Å². The lowest BCUT2D eigenvalue weighted by atomic mass is 10.4. The van der Waals surface area contributed by atoms with E-state index in [4.69, 9.17) is 0 Å². The number of rotatable bonds is 4. The van der Waals surface area contributed by atoms with E-state index in [9.17, 15) is 0 Å². The number of aromatic nitrogens is 5. The van der Waals surface area contributed by atoms with Gasteiger partial charge in [0.2, 0.25) is 0 Å². The minimum absolute atomic E-state index is 0.665. The highest BCUT2D eigenvalue weighted by atomic mass is 79.9. The van der Waals surface area contributed by atoms with Crippen molar-refractivity contribution in [3.8, 4) is 0 Å². The minimum atomic E-state index is 0.665. The second-order valence-electron chi connectivity index (χ2n) is 3.30. The highest BCUT2D eigenvalue weighted by Crippen LogP contribution is 2.01. The van der Waals surface area contributed by atoms with Gasteiger partial charge in [0.1, 0.15) is 12.4 Å². The first-order chi connectivity index (χ1) is 7.29. The molecule has 0 fully saturated rings. The third-order valence-corrected chi connectivity index (χ3v) is 2.56. The first-order valence-corrected chi connectivity index (χ1v) is 5.83. The smallest absolute Gasteiger partial charge is 0.130 e. The van der Waals surface area contributed by atoms with Gasteiger partial charge in [-0.2, -0.15) is 0 Å². The van der Waals surface area contributed by atoms with E-state index in [1.54, 1.807) is 10.9 Å². The van der Waals surface area contributed by atoms with Crippen molar-refractivity contribution in [2.75, 3.05) is 5.33 Å². The summed E-state index contributed by atoms with van der Waals surface area (Å²) in [5.41, 5.74) is 1.00. The quantitative estimate of drug-likeness (QED) is 0.779. The van der Waals surface area contributed by atoms with Crippen molar-refractivity contribution in [1.82, 2.24) is 24.5 Å². The van der Waals surface area contributed by atoms with Crippen LogP contribution in [0.2, 0.25) is 0 Å². The van der Waals surface area contributed by atoms with Gasteiger partial charge in [-0.25, -0.2) is 9.67 Å². The molecule has 0 amide bonds. The molecule has 0 aliphatic carbocycles. The second kappa shape index (κ2) is 4.57. The van der Waals surface area contributed by atoms with Crippen molar-refractivity contribution >= 4 is 15.9 Å². The number of alkyl halides is 1. The molecule has 6 heteroatoms. The molecular formula is C9H12BrN5. The molecule has 2 rings (SSSR count). The Kier molecular flexibility index (Phi) is 3.15. The van der Waals surface area contributed by atoms with Crippen LogP contribution >= 0.6 is 15.9 Å². The zero-order valence-electron chi connectivity index (χ0n) is 8.47. The monoisotopic (exact) mass is 269 g/mol. The second-order valence-corrected chi connectivity index (χ2v) is 4.09. The van der Waals surface area contributed by atoms with Crippen molar-refractivity contribution < 1.29 is 0 Å². The Morgan fingerprint density at radius 3 is 3.00 bits per heavy atom. The maximum Gasteiger partial charge on any atom is 0.130 e. The highest BCUT2D eigenvalue weighted by molar-refractivity contribution is 9.09. The summed E-state index contributed by atoms with van der Waals surface area (Å²) in [5, 5.41) is 9.02. The van der Waals surface area contributed by atoms with Crippen molar-refractivity contribution in [2.45, 2.75) is 13.0 Å². The Morgan fingerprint density at radius 1 is 1.47 bits per heavy atom. The van der Waals surface area contributed by atoms with Gasteiger partial charge in [-0.3, -0.25) is 0 Å². The maximum absolute atomic E-state index is 4.23. The molecule has 0 N–H and O–H groups in total. The van der Waals surface area contributed by atoms with E-state index in [1.165, 1.54) is 0 Å². The number of imidazole rings is 1. The molecule has 0 saturated heterocycles. The van der Waals surface area contributed by atoms with E-state index in [-0.39, 0.29) is 0 Å². The van der Waals surface area contributed by atoms with Crippen LogP contribution in [0.1, 0.15) is 11.5 Å². The Balaban J connectivity index is 2.08. The van der Waals surface area contributed by atoms with Gasteiger partial charge in [-0.15, -0.1) is 5.10 Å². The third-order valence-electron chi connectivity index (χ3n) is 2.16. The SMILES string of the molecule is Cn1ccnc1Cn1cc(CCBr)nn1.